The Balaban J connectivity index is 1.34. The fourth-order valence-corrected chi connectivity index (χ4v) is 12.6. The number of ether oxygens (including phenoxy) is 3. The van der Waals surface area contributed by atoms with Gasteiger partial charge >= 0.3 is 5.97 Å². The zero-order valence-corrected chi connectivity index (χ0v) is 31.0. The molecule has 52 heavy (non-hydrogen) atoms. The molecule has 1 saturated carbocycles. The summed E-state index contributed by atoms with van der Waals surface area (Å²) in [7, 11) is 0. The molecular weight excluding hydrogens is 664 g/mol. The van der Waals surface area contributed by atoms with E-state index in [1.54, 1.807) is 13.0 Å². The number of allylic oxidation sites excluding steroid dienone is 3. The highest BCUT2D eigenvalue weighted by atomic mass is 16.6. The first kappa shape index (κ1) is 36.9. The Hall–Kier alpha value is -2.00. The molecule has 10 N–H and O–H groups in total. The Morgan fingerprint density at radius 2 is 1.94 bits per heavy atom. The van der Waals surface area contributed by atoms with E-state index in [2.05, 4.69) is 23.6 Å². The van der Waals surface area contributed by atoms with Gasteiger partial charge in [-0.3, -0.25) is 10.5 Å². The highest BCUT2D eigenvalue weighted by Gasteiger charge is 2.66. The molecule has 2 bridgehead atoms. The third-order valence-corrected chi connectivity index (χ3v) is 15.1. The van der Waals surface area contributed by atoms with E-state index in [1.807, 2.05) is 6.92 Å². The minimum absolute atomic E-state index is 0.0247. The number of carbonyl (C=O) groups is 2. The van der Waals surface area contributed by atoms with Gasteiger partial charge in [-0.1, -0.05) is 17.7 Å². The number of carbonyl (C=O) groups excluding carboxylic acids is 2. The summed E-state index contributed by atoms with van der Waals surface area (Å²) >= 11 is 0. The fraction of sp³-hybridized carbons (Fsp3) is 0.800. The molecule has 13 unspecified atom stereocenters. The molecule has 0 aromatic carbocycles. The van der Waals surface area contributed by atoms with Crippen molar-refractivity contribution < 1.29 is 44.4 Å². The van der Waals surface area contributed by atoms with Crippen molar-refractivity contribution in [1.82, 2.24) is 5.32 Å². The summed E-state index contributed by atoms with van der Waals surface area (Å²) in [5.74, 6) is -1.74. The van der Waals surface area contributed by atoms with Gasteiger partial charge in [0.25, 0.3) is 0 Å². The molecule has 3 aliphatic carbocycles. The predicted octanol–water partition coefficient (Wildman–Crippen LogP) is 0.398. The van der Waals surface area contributed by atoms with Crippen LogP contribution in [0.25, 0.3) is 0 Å². The standard InChI is InChI=1S/C40H60N4O8/c1-4-18(2)39(49)51-29-15-26-35(48)34-28(47)14-22(17-46)50-37(34)33-24(8-10-45)23-7-9-43-38(42)32(23)25-6-5-19-11-20-13-30(41)44-16-21(20)12-27(31(19)25)40(29,3)52-36(26)33/h4,6,20-24,26-27,29-30,32-38,43-46,48H,5,7-17,41-42H2,1-3H3/p+1/t20?,21?,22?,23?,24-,26?,27-,29+,30?,32?,33?,34?,35?,36?,37?,38?,40+/m1/s1. The average Bonchev–Trinajstić information content (AvgIpc) is 3.44. The van der Waals surface area contributed by atoms with Crippen molar-refractivity contribution in [2.45, 2.75) is 121 Å². The molecule has 0 aromatic rings. The number of Topliss-reactive ketones (excluding diaryl/α,β-unsaturated/α-hetero) is 1. The Morgan fingerprint density at radius 1 is 1.13 bits per heavy atom. The summed E-state index contributed by atoms with van der Waals surface area (Å²) in [6.45, 7) is 6.98. The number of nitrogens with two attached hydrogens (primary N) is 3. The van der Waals surface area contributed by atoms with Crippen LogP contribution in [-0.2, 0) is 23.8 Å². The maximum atomic E-state index is 14.0. The van der Waals surface area contributed by atoms with Gasteiger partial charge in [0.2, 0.25) is 0 Å². The number of quaternary nitrogens is 1. The first-order valence-electron chi connectivity index (χ1n) is 20.1. The Bertz CT molecular complexity index is 1520. The van der Waals surface area contributed by atoms with Crippen LogP contribution in [-0.4, -0.2) is 102 Å². The van der Waals surface area contributed by atoms with Crippen molar-refractivity contribution in [3.8, 4) is 0 Å². The summed E-state index contributed by atoms with van der Waals surface area (Å²) in [4.78, 5) is 27.7. The smallest absolute Gasteiger partial charge is 0.333 e. The van der Waals surface area contributed by atoms with Crippen LogP contribution < -0.4 is 22.1 Å². The number of hydrogen-bond donors (Lipinski definition) is 7. The first-order chi connectivity index (χ1) is 25.0. The van der Waals surface area contributed by atoms with Crippen LogP contribution in [0.2, 0.25) is 0 Å². The van der Waals surface area contributed by atoms with Gasteiger partial charge in [-0.15, -0.1) is 0 Å². The maximum absolute atomic E-state index is 14.0. The Labute approximate surface area is 307 Å². The predicted molar refractivity (Wildman–Crippen MR) is 191 cm³/mol. The molecule has 6 fully saturated rings. The molecule has 8 rings (SSSR count). The second-order valence-electron chi connectivity index (χ2n) is 17.6. The van der Waals surface area contributed by atoms with Gasteiger partial charge in [-0.25, -0.2) is 4.79 Å². The lowest BCUT2D eigenvalue weighted by molar-refractivity contribution is -0.706. The third kappa shape index (κ3) is 5.91. The van der Waals surface area contributed by atoms with Gasteiger partial charge in [0.05, 0.1) is 49.7 Å². The van der Waals surface area contributed by atoms with Gasteiger partial charge in [0, 0.05) is 54.6 Å². The van der Waals surface area contributed by atoms with Crippen LogP contribution in [0.1, 0.15) is 72.1 Å². The number of hydrogen-bond acceptors (Lipinski definition) is 11. The number of esters is 1. The number of rotatable bonds is 5. The second kappa shape index (κ2) is 14.3. The average molecular weight is 726 g/mol. The van der Waals surface area contributed by atoms with E-state index in [1.165, 1.54) is 16.7 Å². The lowest BCUT2D eigenvalue weighted by Crippen LogP contribution is -2.96. The molecule has 12 nitrogen and oxygen atoms in total. The number of piperidine rings is 2. The largest absolute Gasteiger partial charge is 0.456 e. The lowest BCUT2D eigenvalue weighted by Gasteiger charge is -2.62. The summed E-state index contributed by atoms with van der Waals surface area (Å²) in [6.07, 6.45) is 5.39. The summed E-state index contributed by atoms with van der Waals surface area (Å²) in [5, 5.41) is 39.2. The molecule has 0 radical (unpaired) electrons. The van der Waals surface area contributed by atoms with Gasteiger partial charge in [-0.2, -0.15) is 0 Å². The number of nitrogens with one attached hydrogen (secondary N) is 1. The quantitative estimate of drug-likeness (QED) is 0.153. The number of aliphatic hydroxyl groups excluding tert-OH is 3. The maximum Gasteiger partial charge on any atom is 0.333 e. The van der Waals surface area contributed by atoms with Gasteiger partial charge in [0.15, 0.2) is 0 Å². The summed E-state index contributed by atoms with van der Waals surface area (Å²) in [6, 6.07) is 0. The molecule has 288 valence electrons. The van der Waals surface area contributed by atoms with Crippen molar-refractivity contribution in [3.05, 3.63) is 34.4 Å². The van der Waals surface area contributed by atoms with Crippen LogP contribution in [0.5, 0.6) is 0 Å². The van der Waals surface area contributed by atoms with E-state index in [0.717, 1.165) is 45.2 Å². The van der Waals surface area contributed by atoms with Crippen molar-refractivity contribution in [2.75, 3.05) is 26.3 Å². The molecule has 12 heteroatoms. The molecule has 0 spiro atoms. The van der Waals surface area contributed by atoms with Crippen LogP contribution in [0, 0.1) is 53.3 Å². The van der Waals surface area contributed by atoms with Crippen molar-refractivity contribution in [3.63, 3.8) is 0 Å². The van der Waals surface area contributed by atoms with Crippen molar-refractivity contribution in [2.24, 2.45) is 64.7 Å². The Kier molecular flexibility index (Phi) is 10.1. The minimum Gasteiger partial charge on any atom is -0.456 e. The number of aliphatic hydroxyl groups is 3. The summed E-state index contributed by atoms with van der Waals surface area (Å²) in [5.41, 5.74) is 17.2. The Morgan fingerprint density at radius 3 is 2.69 bits per heavy atom. The normalized spacial score (nSPS) is 48.7. The zero-order chi connectivity index (χ0) is 36.6. The van der Waals surface area contributed by atoms with Gasteiger partial charge in [0.1, 0.15) is 23.7 Å². The monoisotopic (exact) mass is 725 g/mol. The van der Waals surface area contributed by atoms with E-state index >= 15 is 0 Å². The molecule has 17 atom stereocenters. The van der Waals surface area contributed by atoms with Crippen LogP contribution in [0.3, 0.4) is 0 Å². The highest BCUT2D eigenvalue weighted by Crippen LogP contribution is 2.61. The lowest BCUT2D eigenvalue weighted by atomic mass is 9.53. The van der Waals surface area contributed by atoms with Crippen LogP contribution in [0.15, 0.2) is 34.4 Å². The molecular formula is C40H61N4O8+. The molecule has 5 heterocycles. The van der Waals surface area contributed by atoms with E-state index < -0.39 is 53.9 Å². The zero-order valence-electron chi connectivity index (χ0n) is 31.0. The van der Waals surface area contributed by atoms with Gasteiger partial charge < -0.3 is 45.9 Å². The van der Waals surface area contributed by atoms with E-state index in [-0.39, 0.29) is 67.3 Å². The first-order valence-corrected chi connectivity index (χ1v) is 20.1. The van der Waals surface area contributed by atoms with E-state index in [0.29, 0.717) is 30.3 Å². The van der Waals surface area contributed by atoms with Crippen molar-refractivity contribution in [1.29, 1.82) is 0 Å². The molecule has 0 aromatic heterocycles. The highest BCUT2D eigenvalue weighted by molar-refractivity contribution is 5.88. The van der Waals surface area contributed by atoms with Crippen molar-refractivity contribution >= 4 is 11.8 Å². The summed E-state index contributed by atoms with van der Waals surface area (Å²) < 4.78 is 20.9. The third-order valence-electron chi connectivity index (χ3n) is 15.1. The fourth-order valence-electron chi connectivity index (χ4n) is 12.6. The minimum atomic E-state index is -1.08. The topological polar surface area (TPSA) is 203 Å². The second-order valence-corrected chi connectivity index (χ2v) is 17.6. The van der Waals surface area contributed by atoms with Gasteiger partial charge in [-0.05, 0) is 94.7 Å². The molecule has 5 aliphatic heterocycles. The SMILES string of the molecule is CC=C(C)C(=O)O[C@H]1CC2C(O)C3C(=O)CC(CO)OC3C3C2O[C@@]1(C)[C@@H]1CC2C[NH2+]C(N)CC2CC2=C1C(=CC2)C1C(N)NCCC1[C@H]3CCO. The van der Waals surface area contributed by atoms with Crippen LogP contribution in [0.4, 0.5) is 0 Å². The van der Waals surface area contributed by atoms with E-state index in [9.17, 15) is 24.9 Å². The van der Waals surface area contributed by atoms with E-state index in [4.69, 9.17) is 25.7 Å². The number of ketones is 1. The molecule has 0 amide bonds. The molecule has 5 saturated heterocycles. The van der Waals surface area contributed by atoms with Crippen LogP contribution >= 0.6 is 0 Å². The molecule has 8 aliphatic rings. The number of fused-ring (bicyclic) bond motifs is 7.